The zero-order valence-electron chi connectivity index (χ0n) is 10.1. The van der Waals surface area contributed by atoms with Crippen molar-refractivity contribution in [1.82, 2.24) is 9.78 Å². The second-order valence-corrected chi connectivity index (χ2v) is 5.24. The summed E-state index contributed by atoms with van der Waals surface area (Å²) in [5.41, 5.74) is 1.03. The quantitative estimate of drug-likeness (QED) is 0.832. The van der Waals surface area contributed by atoms with Crippen molar-refractivity contribution in [3.05, 3.63) is 11.4 Å². The van der Waals surface area contributed by atoms with Crippen molar-refractivity contribution < 1.29 is 12.8 Å². The fourth-order valence-electron chi connectivity index (χ4n) is 1.83. The minimum Gasteiger partial charge on any atom is -0.268 e. The molecular formula is C10H18FN3O2S. The number of aromatic nitrogens is 2. The molecule has 1 aromatic rings. The molecule has 17 heavy (non-hydrogen) atoms. The monoisotopic (exact) mass is 263 g/mol. The van der Waals surface area contributed by atoms with E-state index in [4.69, 9.17) is 5.14 Å². The van der Waals surface area contributed by atoms with Crippen LogP contribution in [0.4, 0.5) is 4.39 Å². The van der Waals surface area contributed by atoms with Crippen molar-refractivity contribution in [2.45, 2.75) is 44.6 Å². The van der Waals surface area contributed by atoms with E-state index >= 15 is 0 Å². The molecule has 0 unspecified atom stereocenters. The first kappa shape index (κ1) is 14.1. The van der Waals surface area contributed by atoms with Crippen molar-refractivity contribution >= 4 is 10.0 Å². The molecule has 0 aliphatic heterocycles. The summed E-state index contributed by atoms with van der Waals surface area (Å²) >= 11 is 0. The molecule has 0 aromatic carbocycles. The Kier molecular flexibility index (Phi) is 4.64. The van der Waals surface area contributed by atoms with E-state index in [1.54, 1.807) is 4.68 Å². The molecule has 0 fully saturated rings. The van der Waals surface area contributed by atoms with Crippen molar-refractivity contribution in [3.63, 3.8) is 0 Å². The van der Waals surface area contributed by atoms with Crippen molar-refractivity contribution in [3.8, 4) is 0 Å². The highest BCUT2D eigenvalue weighted by Gasteiger charge is 2.23. The number of alkyl halides is 1. The van der Waals surface area contributed by atoms with Crippen LogP contribution in [0.25, 0.3) is 0 Å². The molecule has 0 spiro atoms. The van der Waals surface area contributed by atoms with Gasteiger partial charge in [-0.1, -0.05) is 13.8 Å². The summed E-state index contributed by atoms with van der Waals surface area (Å²) < 4.78 is 36.8. The first-order chi connectivity index (χ1) is 7.95. The van der Waals surface area contributed by atoms with Crippen LogP contribution in [0, 0.1) is 0 Å². The van der Waals surface area contributed by atoms with E-state index in [-0.39, 0.29) is 4.90 Å². The Morgan fingerprint density at radius 2 is 2.00 bits per heavy atom. The number of aryl methyl sites for hydroxylation is 2. The van der Waals surface area contributed by atoms with Crippen LogP contribution in [-0.4, -0.2) is 24.9 Å². The summed E-state index contributed by atoms with van der Waals surface area (Å²) in [4.78, 5) is 0.112. The molecule has 5 nitrogen and oxygen atoms in total. The third-order valence-electron chi connectivity index (χ3n) is 2.54. The Balaban J connectivity index is 3.31. The van der Waals surface area contributed by atoms with Gasteiger partial charge < -0.3 is 0 Å². The Morgan fingerprint density at radius 3 is 2.41 bits per heavy atom. The average molecular weight is 263 g/mol. The third kappa shape index (κ3) is 3.04. The molecule has 7 heteroatoms. The van der Waals surface area contributed by atoms with Crippen molar-refractivity contribution in [2.24, 2.45) is 5.14 Å². The molecule has 1 aromatic heterocycles. The predicted molar refractivity (Wildman–Crippen MR) is 62.9 cm³/mol. The molecule has 0 saturated heterocycles. The second kappa shape index (κ2) is 5.59. The maximum absolute atomic E-state index is 12.2. The molecule has 0 aliphatic rings. The standard InChI is InChI=1S/C10H18FN3O2S/c1-3-8-10(17(12,15)16)9(4-2)14(13-8)7-5-6-11/h3-7H2,1-2H3,(H2,12,15,16). The number of halogens is 1. The lowest BCUT2D eigenvalue weighted by Crippen LogP contribution is -2.16. The van der Waals surface area contributed by atoms with E-state index in [0.29, 0.717) is 37.2 Å². The Hall–Kier alpha value is -0.950. The number of rotatable bonds is 6. The molecular weight excluding hydrogens is 245 g/mol. The largest absolute Gasteiger partial charge is 0.268 e. The molecule has 1 heterocycles. The first-order valence-corrected chi connectivity index (χ1v) is 7.17. The SMILES string of the molecule is CCc1nn(CCCF)c(CC)c1S(N)(=O)=O. The molecule has 0 saturated carbocycles. The van der Waals surface area contributed by atoms with Crippen LogP contribution >= 0.6 is 0 Å². The van der Waals surface area contributed by atoms with Crippen LogP contribution in [0.5, 0.6) is 0 Å². The summed E-state index contributed by atoms with van der Waals surface area (Å²) in [5.74, 6) is 0. The summed E-state index contributed by atoms with van der Waals surface area (Å²) in [6.07, 6.45) is 1.31. The summed E-state index contributed by atoms with van der Waals surface area (Å²) in [6, 6.07) is 0. The molecule has 0 aliphatic carbocycles. The van der Waals surface area contributed by atoms with Gasteiger partial charge in [-0.15, -0.1) is 0 Å². The predicted octanol–water partition coefficient (Wildman–Crippen LogP) is 1.01. The molecule has 0 radical (unpaired) electrons. The van der Waals surface area contributed by atoms with E-state index in [1.165, 1.54) is 0 Å². The van der Waals surface area contributed by atoms with Crippen molar-refractivity contribution in [2.75, 3.05) is 6.67 Å². The Bertz CT molecular complexity index is 482. The highest BCUT2D eigenvalue weighted by molar-refractivity contribution is 7.89. The van der Waals surface area contributed by atoms with Crippen molar-refractivity contribution in [1.29, 1.82) is 0 Å². The van der Waals surface area contributed by atoms with Crippen LogP contribution in [0.15, 0.2) is 4.90 Å². The van der Waals surface area contributed by atoms with Crippen LogP contribution < -0.4 is 5.14 Å². The lowest BCUT2D eigenvalue weighted by molar-refractivity contribution is 0.429. The van der Waals surface area contributed by atoms with Gasteiger partial charge >= 0.3 is 0 Å². The highest BCUT2D eigenvalue weighted by atomic mass is 32.2. The van der Waals surface area contributed by atoms with Gasteiger partial charge in [0.15, 0.2) is 0 Å². The Morgan fingerprint density at radius 1 is 1.35 bits per heavy atom. The number of sulfonamides is 1. The van der Waals surface area contributed by atoms with Gasteiger partial charge in [-0.2, -0.15) is 5.10 Å². The normalized spacial score (nSPS) is 12.0. The minimum absolute atomic E-state index is 0.112. The third-order valence-corrected chi connectivity index (χ3v) is 3.58. The van der Waals surface area contributed by atoms with Gasteiger partial charge in [-0.05, 0) is 19.3 Å². The van der Waals surface area contributed by atoms with Crippen LogP contribution in [0.3, 0.4) is 0 Å². The highest BCUT2D eigenvalue weighted by Crippen LogP contribution is 2.20. The molecule has 0 amide bonds. The maximum Gasteiger partial charge on any atom is 0.241 e. The van der Waals surface area contributed by atoms with E-state index in [0.717, 1.165) is 0 Å². The molecule has 0 atom stereocenters. The first-order valence-electron chi connectivity index (χ1n) is 5.63. The molecule has 1 rings (SSSR count). The minimum atomic E-state index is -3.77. The summed E-state index contributed by atoms with van der Waals surface area (Å²) in [6.45, 7) is 3.57. The number of nitrogens with two attached hydrogens (primary N) is 1. The van der Waals surface area contributed by atoms with Gasteiger partial charge in [0.1, 0.15) is 4.90 Å². The molecule has 2 N–H and O–H groups in total. The summed E-state index contributed by atoms with van der Waals surface area (Å²) in [5, 5.41) is 9.39. The van der Waals surface area contributed by atoms with E-state index < -0.39 is 16.7 Å². The zero-order valence-corrected chi connectivity index (χ0v) is 10.9. The van der Waals surface area contributed by atoms with Crippen LogP contribution in [-0.2, 0) is 29.4 Å². The van der Waals surface area contributed by atoms with Gasteiger partial charge in [0, 0.05) is 6.54 Å². The average Bonchev–Trinajstić information content (AvgIpc) is 2.63. The van der Waals surface area contributed by atoms with E-state index in [1.807, 2.05) is 13.8 Å². The van der Waals surface area contributed by atoms with E-state index in [9.17, 15) is 12.8 Å². The number of hydrogen-bond donors (Lipinski definition) is 1. The van der Waals surface area contributed by atoms with Crippen LogP contribution in [0.2, 0.25) is 0 Å². The smallest absolute Gasteiger partial charge is 0.241 e. The number of hydrogen-bond acceptors (Lipinski definition) is 3. The lowest BCUT2D eigenvalue weighted by Gasteiger charge is -2.05. The maximum atomic E-state index is 12.2. The number of nitrogens with zero attached hydrogens (tertiary/aromatic N) is 2. The lowest BCUT2D eigenvalue weighted by atomic mass is 10.2. The Labute approximate surface area is 101 Å². The van der Waals surface area contributed by atoms with E-state index in [2.05, 4.69) is 5.10 Å². The van der Waals surface area contributed by atoms with Gasteiger partial charge in [0.2, 0.25) is 10.0 Å². The zero-order chi connectivity index (χ0) is 13.1. The fraction of sp³-hybridized carbons (Fsp3) is 0.700. The van der Waals surface area contributed by atoms with Gasteiger partial charge in [0.05, 0.1) is 18.1 Å². The summed E-state index contributed by atoms with van der Waals surface area (Å²) in [7, 11) is -3.77. The topological polar surface area (TPSA) is 78.0 Å². The van der Waals surface area contributed by atoms with Gasteiger partial charge in [-0.3, -0.25) is 9.07 Å². The molecule has 0 bridgehead atoms. The van der Waals surface area contributed by atoms with Gasteiger partial charge in [-0.25, -0.2) is 13.6 Å². The van der Waals surface area contributed by atoms with Gasteiger partial charge in [0.25, 0.3) is 0 Å². The molecule has 98 valence electrons. The van der Waals surface area contributed by atoms with Crippen LogP contribution in [0.1, 0.15) is 31.7 Å². The second-order valence-electron chi connectivity index (χ2n) is 3.74. The fourth-order valence-corrected chi connectivity index (χ4v) is 2.92. The number of primary sulfonamides is 1.